The minimum atomic E-state index is -4.61. The number of alkyl halides is 3. The molecule has 0 saturated heterocycles. The van der Waals surface area contributed by atoms with Crippen molar-refractivity contribution in [2.75, 3.05) is 10.6 Å². The largest absolute Gasteiger partial charge is 0.418 e. The lowest BCUT2D eigenvalue weighted by atomic mass is 10.1. The van der Waals surface area contributed by atoms with E-state index in [1.807, 2.05) is 6.07 Å². The number of anilines is 3. The number of nitrogens with one attached hydrogen (secondary N) is 2. The van der Waals surface area contributed by atoms with Gasteiger partial charge in [0.2, 0.25) is 0 Å². The van der Waals surface area contributed by atoms with E-state index in [9.17, 15) is 18.0 Å². The first kappa shape index (κ1) is 18.8. The lowest BCUT2D eigenvalue weighted by molar-refractivity contribution is -0.136. The van der Waals surface area contributed by atoms with Crippen molar-refractivity contribution in [3.8, 4) is 6.07 Å². The second-order valence-corrected chi connectivity index (χ2v) is 5.57. The van der Waals surface area contributed by atoms with Crippen LogP contribution in [0.15, 0.2) is 60.9 Å². The Balaban J connectivity index is 1.83. The number of hydrogen-bond acceptors (Lipinski definition) is 5. The van der Waals surface area contributed by atoms with Crippen LogP contribution in [0.3, 0.4) is 0 Å². The van der Waals surface area contributed by atoms with Crippen molar-refractivity contribution in [2.45, 2.75) is 6.18 Å². The second kappa shape index (κ2) is 7.75. The van der Waals surface area contributed by atoms with E-state index >= 15 is 0 Å². The van der Waals surface area contributed by atoms with Gasteiger partial charge < -0.3 is 10.6 Å². The average Bonchev–Trinajstić information content (AvgIpc) is 2.68. The molecule has 1 heterocycles. The summed E-state index contributed by atoms with van der Waals surface area (Å²) in [7, 11) is 0. The van der Waals surface area contributed by atoms with E-state index in [-0.39, 0.29) is 17.2 Å². The van der Waals surface area contributed by atoms with Crippen LogP contribution in [0.2, 0.25) is 0 Å². The first-order chi connectivity index (χ1) is 13.4. The molecule has 0 spiro atoms. The lowest BCUT2D eigenvalue weighted by Crippen LogP contribution is -2.18. The number of benzene rings is 2. The van der Waals surface area contributed by atoms with Gasteiger partial charge in [-0.1, -0.05) is 24.3 Å². The van der Waals surface area contributed by atoms with E-state index in [0.29, 0.717) is 11.3 Å². The van der Waals surface area contributed by atoms with Gasteiger partial charge in [0.15, 0.2) is 0 Å². The minimum Gasteiger partial charge on any atom is -0.339 e. The molecule has 2 N–H and O–H groups in total. The van der Waals surface area contributed by atoms with Crippen LogP contribution < -0.4 is 10.6 Å². The third kappa shape index (κ3) is 4.24. The average molecular weight is 383 g/mol. The van der Waals surface area contributed by atoms with Crippen molar-refractivity contribution in [1.29, 1.82) is 5.26 Å². The van der Waals surface area contributed by atoms with E-state index in [4.69, 9.17) is 5.26 Å². The maximum atomic E-state index is 13.1. The fraction of sp³-hybridized carbons (Fsp3) is 0.0526. The Morgan fingerprint density at radius 2 is 1.68 bits per heavy atom. The van der Waals surface area contributed by atoms with Crippen LogP contribution in [0.5, 0.6) is 0 Å². The minimum absolute atomic E-state index is 0.135. The Morgan fingerprint density at radius 3 is 2.39 bits per heavy atom. The molecule has 0 radical (unpaired) electrons. The number of carbonyl (C=O) groups is 1. The molecule has 3 aromatic rings. The highest BCUT2D eigenvalue weighted by Gasteiger charge is 2.33. The number of hydrogen-bond donors (Lipinski definition) is 2. The van der Waals surface area contributed by atoms with Crippen molar-refractivity contribution in [3.05, 3.63) is 77.7 Å². The SMILES string of the molecule is N#Cc1ccccc1Nc1cc(C(=O)Nc2ccccc2C(F)(F)F)ncn1. The Kier molecular flexibility index (Phi) is 5.22. The molecule has 1 aromatic heterocycles. The third-order valence-electron chi connectivity index (χ3n) is 3.69. The summed E-state index contributed by atoms with van der Waals surface area (Å²) in [6, 6.07) is 14.6. The Hall–Kier alpha value is -3.93. The van der Waals surface area contributed by atoms with Gasteiger partial charge in [0.25, 0.3) is 5.91 Å². The fourth-order valence-corrected chi connectivity index (χ4v) is 2.40. The van der Waals surface area contributed by atoms with Gasteiger partial charge in [-0.3, -0.25) is 4.79 Å². The molecule has 140 valence electrons. The zero-order chi connectivity index (χ0) is 20.1. The van der Waals surface area contributed by atoms with Crippen LogP contribution in [-0.2, 0) is 6.18 Å². The highest BCUT2D eigenvalue weighted by molar-refractivity contribution is 6.03. The van der Waals surface area contributed by atoms with Crippen molar-refractivity contribution in [3.63, 3.8) is 0 Å². The van der Waals surface area contributed by atoms with Crippen molar-refractivity contribution < 1.29 is 18.0 Å². The van der Waals surface area contributed by atoms with Crippen LogP contribution in [0.1, 0.15) is 21.6 Å². The molecular weight excluding hydrogens is 371 g/mol. The van der Waals surface area contributed by atoms with Crippen LogP contribution in [0.25, 0.3) is 0 Å². The molecule has 0 fully saturated rings. The molecule has 0 atom stereocenters. The lowest BCUT2D eigenvalue weighted by Gasteiger charge is -2.13. The predicted octanol–water partition coefficient (Wildman–Crippen LogP) is 4.36. The standard InChI is InChI=1S/C19H12F3N5O/c20-19(21,22)13-6-2-4-8-15(13)27-18(28)16-9-17(25-11-24-16)26-14-7-3-1-5-12(14)10-23/h1-9,11H,(H,27,28)(H,24,25,26). The molecule has 0 unspecified atom stereocenters. The summed E-state index contributed by atoms with van der Waals surface area (Å²) in [5.41, 5.74) is -0.630. The van der Waals surface area contributed by atoms with Crippen molar-refractivity contribution in [2.24, 2.45) is 0 Å². The molecule has 0 aliphatic heterocycles. The smallest absolute Gasteiger partial charge is 0.339 e. The molecular formula is C19H12F3N5O. The van der Waals surface area contributed by atoms with Gasteiger partial charge in [-0.15, -0.1) is 0 Å². The molecule has 6 nitrogen and oxygen atoms in total. The topological polar surface area (TPSA) is 90.7 Å². The van der Waals surface area contributed by atoms with Gasteiger partial charge >= 0.3 is 6.18 Å². The highest BCUT2D eigenvalue weighted by atomic mass is 19.4. The summed E-state index contributed by atoms with van der Waals surface area (Å²) in [5.74, 6) is -0.609. The normalized spacial score (nSPS) is 10.8. The summed E-state index contributed by atoms with van der Waals surface area (Å²) < 4.78 is 39.2. The van der Waals surface area contributed by atoms with Crippen molar-refractivity contribution >= 4 is 23.1 Å². The van der Waals surface area contributed by atoms with E-state index in [1.54, 1.807) is 24.3 Å². The zero-order valence-electron chi connectivity index (χ0n) is 14.2. The quantitative estimate of drug-likeness (QED) is 0.698. The number of rotatable bonds is 4. The van der Waals surface area contributed by atoms with Gasteiger partial charge in [0.1, 0.15) is 23.9 Å². The Labute approximate surface area is 157 Å². The second-order valence-electron chi connectivity index (χ2n) is 5.57. The summed E-state index contributed by atoms with van der Waals surface area (Å²) in [5, 5.41) is 14.2. The van der Waals surface area contributed by atoms with Gasteiger partial charge in [-0.25, -0.2) is 9.97 Å². The number of amides is 1. The monoisotopic (exact) mass is 383 g/mol. The van der Waals surface area contributed by atoms with Crippen LogP contribution in [0, 0.1) is 11.3 Å². The first-order valence-corrected chi connectivity index (χ1v) is 7.94. The number of carbonyl (C=O) groups excluding carboxylic acids is 1. The summed E-state index contributed by atoms with van der Waals surface area (Å²) in [6.07, 6.45) is -3.51. The molecule has 1 amide bonds. The maximum absolute atomic E-state index is 13.1. The van der Waals surface area contributed by atoms with E-state index in [2.05, 4.69) is 20.6 Å². The van der Waals surface area contributed by atoms with Gasteiger partial charge in [0.05, 0.1) is 22.5 Å². The first-order valence-electron chi connectivity index (χ1n) is 7.94. The summed E-state index contributed by atoms with van der Waals surface area (Å²) in [4.78, 5) is 20.1. The number of aromatic nitrogens is 2. The molecule has 3 rings (SSSR count). The molecule has 2 aromatic carbocycles. The van der Waals surface area contributed by atoms with Crippen molar-refractivity contribution in [1.82, 2.24) is 9.97 Å². The molecule has 28 heavy (non-hydrogen) atoms. The molecule has 9 heteroatoms. The zero-order valence-corrected chi connectivity index (χ0v) is 14.2. The third-order valence-corrected chi connectivity index (χ3v) is 3.69. The molecule has 0 aliphatic rings. The Morgan fingerprint density at radius 1 is 1.00 bits per heavy atom. The summed E-state index contributed by atoms with van der Waals surface area (Å²) >= 11 is 0. The molecule has 0 aliphatic carbocycles. The highest BCUT2D eigenvalue weighted by Crippen LogP contribution is 2.34. The number of nitriles is 1. The van der Waals surface area contributed by atoms with E-state index < -0.39 is 17.6 Å². The van der Waals surface area contributed by atoms with Crippen LogP contribution in [-0.4, -0.2) is 15.9 Å². The summed E-state index contributed by atoms with van der Waals surface area (Å²) in [6.45, 7) is 0. The molecule has 0 saturated carbocycles. The van der Waals surface area contributed by atoms with E-state index in [0.717, 1.165) is 18.5 Å². The number of nitrogens with zero attached hydrogens (tertiary/aromatic N) is 3. The van der Waals surface area contributed by atoms with Gasteiger partial charge in [-0.2, -0.15) is 18.4 Å². The Bertz CT molecular complexity index is 1060. The van der Waals surface area contributed by atoms with Crippen LogP contribution in [0.4, 0.5) is 30.4 Å². The molecule has 0 bridgehead atoms. The maximum Gasteiger partial charge on any atom is 0.418 e. The predicted molar refractivity (Wildman–Crippen MR) is 95.9 cm³/mol. The van der Waals surface area contributed by atoms with E-state index in [1.165, 1.54) is 18.2 Å². The van der Waals surface area contributed by atoms with Gasteiger partial charge in [-0.05, 0) is 24.3 Å². The number of halogens is 3. The fourth-order valence-electron chi connectivity index (χ4n) is 2.40. The number of para-hydroxylation sites is 2. The van der Waals surface area contributed by atoms with Crippen LogP contribution >= 0.6 is 0 Å². The van der Waals surface area contributed by atoms with Gasteiger partial charge in [0, 0.05) is 6.07 Å².